The molecule has 0 amide bonds. The van der Waals surface area contributed by atoms with Gasteiger partial charge in [0.15, 0.2) is 0 Å². The van der Waals surface area contributed by atoms with Crippen molar-refractivity contribution >= 4 is 16.7 Å². The molecule has 1 aliphatic heterocycles. The largest absolute Gasteiger partial charge is 0.491 e. The average Bonchev–Trinajstić information content (AvgIpc) is 2.78. The number of carbonyl (C=O) groups excluding carboxylic acids is 1. The Labute approximate surface area is 176 Å². The van der Waals surface area contributed by atoms with Gasteiger partial charge in [0, 0.05) is 43.4 Å². The molecule has 0 N–H and O–H groups in total. The molecule has 1 atom stereocenters. The Hall–Kier alpha value is -2.79. The molecule has 1 aromatic heterocycles. The fourth-order valence-electron chi connectivity index (χ4n) is 4.09. The SMILES string of the molecule is O=C(CCN1CCCC(COc2cccc3cccnc23)C1)Cc1ccc(F)cc1. The molecule has 3 aromatic rings. The van der Waals surface area contributed by atoms with E-state index in [2.05, 4.69) is 9.88 Å². The van der Waals surface area contributed by atoms with Gasteiger partial charge in [-0.3, -0.25) is 9.78 Å². The number of hydrogen-bond acceptors (Lipinski definition) is 4. The lowest BCUT2D eigenvalue weighted by Gasteiger charge is -2.32. The summed E-state index contributed by atoms with van der Waals surface area (Å²) in [6, 6.07) is 16.2. The third-order valence-corrected chi connectivity index (χ3v) is 5.69. The normalized spacial score (nSPS) is 17.2. The number of ketones is 1. The first-order valence-corrected chi connectivity index (χ1v) is 10.6. The molecule has 0 radical (unpaired) electrons. The van der Waals surface area contributed by atoms with Crippen molar-refractivity contribution in [3.8, 4) is 5.75 Å². The standard InChI is InChI=1S/C25H27FN2O2/c26-22-10-8-19(9-11-22)16-23(29)12-15-28-14-3-4-20(17-28)18-30-24-7-1-5-21-6-2-13-27-25(21)24/h1-2,5-11,13,20H,3-4,12,14-18H2. The van der Waals surface area contributed by atoms with Crippen LogP contribution in [0.5, 0.6) is 5.75 Å². The zero-order valence-corrected chi connectivity index (χ0v) is 17.1. The molecule has 5 heteroatoms. The van der Waals surface area contributed by atoms with E-state index in [1.54, 1.807) is 18.3 Å². The number of para-hydroxylation sites is 1. The van der Waals surface area contributed by atoms with Gasteiger partial charge in [-0.2, -0.15) is 0 Å². The molecular weight excluding hydrogens is 379 g/mol. The van der Waals surface area contributed by atoms with Gasteiger partial charge in [-0.25, -0.2) is 4.39 Å². The molecule has 0 spiro atoms. The molecule has 0 bridgehead atoms. The van der Waals surface area contributed by atoms with Gasteiger partial charge in [0.1, 0.15) is 22.9 Å². The molecule has 4 nitrogen and oxygen atoms in total. The number of Topliss-reactive ketones (excluding diaryl/α,β-unsaturated/α-hetero) is 1. The minimum Gasteiger partial charge on any atom is -0.491 e. The van der Waals surface area contributed by atoms with E-state index in [1.807, 2.05) is 30.3 Å². The van der Waals surface area contributed by atoms with Gasteiger partial charge in [-0.05, 0) is 49.2 Å². The van der Waals surface area contributed by atoms with Crippen LogP contribution in [0.15, 0.2) is 60.8 Å². The number of ether oxygens (including phenoxy) is 1. The highest BCUT2D eigenvalue weighted by atomic mass is 19.1. The predicted octanol–water partition coefficient (Wildman–Crippen LogP) is 4.67. The van der Waals surface area contributed by atoms with Gasteiger partial charge in [0.25, 0.3) is 0 Å². The van der Waals surface area contributed by atoms with Crippen LogP contribution in [0.2, 0.25) is 0 Å². The van der Waals surface area contributed by atoms with E-state index in [0.29, 0.717) is 25.4 Å². The monoisotopic (exact) mass is 406 g/mol. The van der Waals surface area contributed by atoms with Crippen LogP contribution < -0.4 is 4.74 Å². The average molecular weight is 407 g/mol. The highest BCUT2D eigenvalue weighted by molar-refractivity contribution is 5.84. The van der Waals surface area contributed by atoms with Crippen LogP contribution in [0.4, 0.5) is 4.39 Å². The lowest BCUT2D eigenvalue weighted by molar-refractivity contribution is -0.118. The number of aromatic nitrogens is 1. The Morgan fingerprint density at radius 2 is 1.97 bits per heavy atom. The number of likely N-dealkylation sites (tertiary alicyclic amines) is 1. The third kappa shape index (κ3) is 5.42. The van der Waals surface area contributed by atoms with Gasteiger partial charge in [0.2, 0.25) is 0 Å². The number of pyridine rings is 1. The molecule has 0 saturated carbocycles. The molecule has 1 unspecified atom stereocenters. The van der Waals surface area contributed by atoms with Gasteiger partial charge >= 0.3 is 0 Å². The van der Waals surface area contributed by atoms with Gasteiger partial charge < -0.3 is 9.64 Å². The number of piperidine rings is 1. The van der Waals surface area contributed by atoms with Crippen LogP contribution in [-0.2, 0) is 11.2 Å². The van der Waals surface area contributed by atoms with Crippen LogP contribution in [0, 0.1) is 11.7 Å². The summed E-state index contributed by atoms with van der Waals surface area (Å²) in [7, 11) is 0. The van der Waals surface area contributed by atoms with Crippen molar-refractivity contribution in [2.75, 3.05) is 26.2 Å². The van der Waals surface area contributed by atoms with Crippen LogP contribution in [-0.4, -0.2) is 41.9 Å². The van der Waals surface area contributed by atoms with Crippen LogP contribution >= 0.6 is 0 Å². The lowest BCUT2D eigenvalue weighted by atomic mass is 9.98. The van der Waals surface area contributed by atoms with E-state index in [1.165, 1.54) is 12.1 Å². The maximum Gasteiger partial charge on any atom is 0.145 e. The molecule has 1 saturated heterocycles. The van der Waals surface area contributed by atoms with E-state index < -0.39 is 0 Å². The summed E-state index contributed by atoms with van der Waals surface area (Å²) in [5, 5.41) is 1.08. The summed E-state index contributed by atoms with van der Waals surface area (Å²) in [5.41, 5.74) is 1.77. The first-order valence-electron chi connectivity index (χ1n) is 10.6. The number of carbonyl (C=O) groups is 1. The second-order valence-corrected chi connectivity index (χ2v) is 8.04. The lowest BCUT2D eigenvalue weighted by Crippen LogP contribution is -2.38. The zero-order chi connectivity index (χ0) is 20.8. The Bertz CT molecular complexity index is 985. The third-order valence-electron chi connectivity index (χ3n) is 5.69. The Morgan fingerprint density at radius 1 is 1.13 bits per heavy atom. The van der Waals surface area contributed by atoms with Crippen molar-refractivity contribution in [3.05, 3.63) is 72.2 Å². The Morgan fingerprint density at radius 3 is 2.83 bits per heavy atom. The molecule has 30 heavy (non-hydrogen) atoms. The molecule has 2 heterocycles. The van der Waals surface area contributed by atoms with Crippen LogP contribution in [0.25, 0.3) is 10.9 Å². The highest BCUT2D eigenvalue weighted by Gasteiger charge is 2.21. The highest BCUT2D eigenvalue weighted by Crippen LogP contribution is 2.25. The maximum absolute atomic E-state index is 13.0. The van der Waals surface area contributed by atoms with Crippen molar-refractivity contribution in [2.45, 2.75) is 25.7 Å². The molecule has 156 valence electrons. The Kier molecular flexibility index (Phi) is 6.70. The summed E-state index contributed by atoms with van der Waals surface area (Å²) in [6.07, 6.45) is 4.94. The number of hydrogen-bond donors (Lipinski definition) is 0. The molecule has 4 rings (SSSR count). The van der Waals surface area contributed by atoms with Gasteiger partial charge in [-0.15, -0.1) is 0 Å². The molecular formula is C25H27FN2O2. The van der Waals surface area contributed by atoms with Crippen molar-refractivity contribution in [2.24, 2.45) is 5.92 Å². The summed E-state index contributed by atoms with van der Waals surface area (Å²) < 4.78 is 19.1. The van der Waals surface area contributed by atoms with Crippen LogP contribution in [0.1, 0.15) is 24.8 Å². The zero-order valence-electron chi connectivity index (χ0n) is 17.1. The van der Waals surface area contributed by atoms with E-state index in [9.17, 15) is 9.18 Å². The number of benzene rings is 2. The maximum atomic E-state index is 13.0. The van der Waals surface area contributed by atoms with Crippen molar-refractivity contribution in [1.82, 2.24) is 9.88 Å². The Balaban J connectivity index is 1.25. The second-order valence-electron chi connectivity index (χ2n) is 8.04. The van der Waals surface area contributed by atoms with Gasteiger partial charge in [-0.1, -0.05) is 30.3 Å². The van der Waals surface area contributed by atoms with E-state index in [0.717, 1.165) is 54.7 Å². The summed E-state index contributed by atoms with van der Waals surface area (Å²) >= 11 is 0. The predicted molar refractivity (Wildman–Crippen MR) is 116 cm³/mol. The van der Waals surface area contributed by atoms with Crippen LogP contribution in [0.3, 0.4) is 0 Å². The second kappa shape index (κ2) is 9.81. The first-order chi connectivity index (χ1) is 14.7. The number of rotatable bonds is 8. The van der Waals surface area contributed by atoms with E-state index >= 15 is 0 Å². The topological polar surface area (TPSA) is 42.4 Å². The van der Waals surface area contributed by atoms with Crippen molar-refractivity contribution < 1.29 is 13.9 Å². The summed E-state index contributed by atoms with van der Waals surface area (Å²) in [5.74, 6) is 1.21. The quantitative estimate of drug-likeness (QED) is 0.545. The fourth-order valence-corrected chi connectivity index (χ4v) is 4.09. The fraction of sp³-hybridized carbons (Fsp3) is 0.360. The number of nitrogens with zero attached hydrogens (tertiary/aromatic N) is 2. The molecule has 1 aliphatic rings. The smallest absolute Gasteiger partial charge is 0.145 e. The van der Waals surface area contributed by atoms with Crippen molar-refractivity contribution in [1.29, 1.82) is 0 Å². The number of halogens is 1. The molecule has 2 aromatic carbocycles. The first kappa shape index (κ1) is 20.5. The van der Waals surface area contributed by atoms with E-state index in [4.69, 9.17) is 4.74 Å². The van der Waals surface area contributed by atoms with Gasteiger partial charge in [0.05, 0.1) is 6.61 Å². The van der Waals surface area contributed by atoms with E-state index in [-0.39, 0.29) is 11.6 Å². The summed E-state index contributed by atoms with van der Waals surface area (Å²) in [6.45, 7) is 3.40. The summed E-state index contributed by atoms with van der Waals surface area (Å²) in [4.78, 5) is 19.1. The molecule has 1 fully saturated rings. The minimum atomic E-state index is -0.271. The minimum absolute atomic E-state index is 0.196. The number of fused-ring (bicyclic) bond motifs is 1. The molecule has 0 aliphatic carbocycles. The van der Waals surface area contributed by atoms with Crippen molar-refractivity contribution in [3.63, 3.8) is 0 Å².